The lowest BCUT2D eigenvalue weighted by Gasteiger charge is -2.10. The lowest BCUT2D eigenvalue weighted by molar-refractivity contribution is 0.368. The van der Waals surface area contributed by atoms with Gasteiger partial charge in [0.05, 0.1) is 0 Å². The van der Waals surface area contributed by atoms with Crippen LogP contribution in [0, 0.1) is 18.3 Å². The maximum Gasteiger partial charge on any atom is 0.174 e. The Kier molecular flexibility index (Phi) is 5.03. The van der Waals surface area contributed by atoms with Crippen molar-refractivity contribution in [3.8, 4) is 11.8 Å². The molecular weight excluding hydrogens is 316 g/mol. The van der Waals surface area contributed by atoms with E-state index in [1.807, 2.05) is 36.4 Å². The number of aryl methyl sites for hydroxylation is 1. The zero-order valence-corrected chi connectivity index (χ0v) is 12.8. The molecule has 0 spiro atoms. The Morgan fingerprint density at radius 3 is 2.90 bits per heavy atom. The van der Waals surface area contributed by atoms with Gasteiger partial charge < -0.3 is 10.1 Å². The van der Waals surface area contributed by atoms with Gasteiger partial charge in [-0.25, -0.2) is 0 Å². The minimum atomic E-state index is 0.0698. The molecule has 0 radical (unpaired) electrons. The Hall–Kier alpha value is -1.99. The van der Waals surface area contributed by atoms with E-state index in [9.17, 15) is 0 Å². The number of nitriles is 1. The first kappa shape index (κ1) is 14.4. The van der Waals surface area contributed by atoms with Gasteiger partial charge in [0.1, 0.15) is 11.8 Å². The van der Waals surface area contributed by atoms with E-state index >= 15 is 0 Å². The average Bonchev–Trinajstić information content (AvgIpc) is 2.46. The monoisotopic (exact) mass is 330 g/mol. The van der Waals surface area contributed by atoms with Crippen LogP contribution in [0.15, 0.2) is 46.9 Å². The first-order valence-electron chi connectivity index (χ1n) is 6.28. The summed E-state index contributed by atoms with van der Waals surface area (Å²) in [4.78, 5) is 0. The van der Waals surface area contributed by atoms with Crippen LogP contribution in [0.5, 0.6) is 5.75 Å². The van der Waals surface area contributed by atoms with E-state index in [-0.39, 0.29) is 6.61 Å². The summed E-state index contributed by atoms with van der Waals surface area (Å²) in [6.45, 7) is 2.83. The van der Waals surface area contributed by atoms with E-state index in [0.29, 0.717) is 12.3 Å². The first-order valence-corrected chi connectivity index (χ1v) is 7.07. The largest absolute Gasteiger partial charge is 0.479 e. The van der Waals surface area contributed by atoms with Gasteiger partial charge in [-0.2, -0.15) is 5.26 Å². The fourth-order valence-corrected chi connectivity index (χ4v) is 2.22. The number of hydrogen-bond donors (Lipinski definition) is 1. The highest BCUT2D eigenvalue weighted by atomic mass is 79.9. The second kappa shape index (κ2) is 6.97. The predicted octanol–water partition coefficient (Wildman–Crippen LogP) is 4.27. The number of rotatable bonds is 5. The molecule has 0 aliphatic heterocycles. The molecule has 0 aliphatic carbocycles. The third kappa shape index (κ3) is 4.01. The van der Waals surface area contributed by atoms with Crippen molar-refractivity contribution in [3.05, 3.63) is 58.1 Å². The highest BCUT2D eigenvalue weighted by molar-refractivity contribution is 9.10. The molecule has 2 aromatic rings. The fraction of sp³-hybridized carbons (Fsp3) is 0.188. The smallest absolute Gasteiger partial charge is 0.174 e. The predicted molar refractivity (Wildman–Crippen MR) is 83.8 cm³/mol. The van der Waals surface area contributed by atoms with E-state index in [2.05, 4.69) is 40.3 Å². The van der Waals surface area contributed by atoms with Crippen molar-refractivity contribution in [2.75, 3.05) is 11.9 Å². The maximum atomic E-state index is 8.51. The topological polar surface area (TPSA) is 45.0 Å². The molecule has 0 aromatic heterocycles. The minimum Gasteiger partial charge on any atom is -0.479 e. The molecule has 1 N–H and O–H groups in total. The van der Waals surface area contributed by atoms with Crippen molar-refractivity contribution in [2.24, 2.45) is 0 Å². The van der Waals surface area contributed by atoms with E-state index in [4.69, 9.17) is 10.00 Å². The van der Waals surface area contributed by atoms with Crippen LogP contribution < -0.4 is 10.1 Å². The Labute approximate surface area is 127 Å². The lowest BCUT2D eigenvalue weighted by Crippen LogP contribution is -2.01. The highest BCUT2D eigenvalue weighted by Gasteiger charge is 2.01. The second-order valence-electron chi connectivity index (χ2n) is 4.43. The normalized spacial score (nSPS) is 9.85. The van der Waals surface area contributed by atoms with Crippen LogP contribution in [0.3, 0.4) is 0 Å². The van der Waals surface area contributed by atoms with Crippen LogP contribution in [-0.4, -0.2) is 6.61 Å². The average molecular weight is 331 g/mol. The lowest BCUT2D eigenvalue weighted by atomic mass is 10.2. The summed E-state index contributed by atoms with van der Waals surface area (Å²) in [5.74, 6) is 0.717. The van der Waals surface area contributed by atoms with Crippen LogP contribution in [0.2, 0.25) is 0 Å². The van der Waals surface area contributed by atoms with E-state index in [1.165, 1.54) is 5.56 Å². The molecule has 0 atom stereocenters. The van der Waals surface area contributed by atoms with Crippen LogP contribution in [0.4, 0.5) is 5.69 Å². The molecule has 0 aliphatic rings. The van der Waals surface area contributed by atoms with E-state index < -0.39 is 0 Å². The third-order valence-corrected chi connectivity index (χ3v) is 3.50. The zero-order chi connectivity index (χ0) is 14.4. The van der Waals surface area contributed by atoms with Gasteiger partial charge >= 0.3 is 0 Å². The number of nitrogens with one attached hydrogen (secondary N) is 1. The zero-order valence-electron chi connectivity index (χ0n) is 11.2. The van der Waals surface area contributed by atoms with Crippen LogP contribution in [-0.2, 0) is 6.54 Å². The molecule has 2 aromatic carbocycles. The van der Waals surface area contributed by atoms with Crippen molar-refractivity contribution in [1.82, 2.24) is 0 Å². The third-order valence-electron chi connectivity index (χ3n) is 2.81. The minimum absolute atomic E-state index is 0.0698. The molecule has 4 heteroatoms. The summed E-state index contributed by atoms with van der Waals surface area (Å²) in [7, 11) is 0. The number of halogens is 1. The Bertz CT molecular complexity index is 635. The number of benzene rings is 2. The van der Waals surface area contributed by atoms with Gasteiger partial charge in [0, 0.05) is 16.7 Å². The number of hydrogen-bond acceptors (Lipinski definition) is 3. The van der Waals surface area contributed by atoms with Crippen LogP contribution >= 0.6 is 15.9 Å². The molecule has 102 valence electrons. The fourth-order valence-electron chi connectivity index (χ4n) is 1.83. The molecule has 0 heterocycles. The molecule has 0 saturated carbocycles. The number of ether oxygens (including phenoxy) is 1. The number of anilines is 1. The number of nitrogens with zero attached hydrogens (tertiary/aromatic N) is 1. The summed E-state index contributed by atoms with van der Waals surface area (Å²) in [6, 6.07) is 15.9. The molecule has 3 nitrogen and oxygen atoms in total. The molecule has 0 fully saturated rings. The summed E-state index contributed by atoms with van der Waals surface area (Å²) in [5, 5.41) is 11.9. The van der Waals surface area contributed by atoms with Gasteiger partial charge in [-0.3, -0.25) is 0 Å². The van der Waals surface area contributed by atoms with Gasteiger partial charge in [-0.15, -0.1) is 0 Å². The molecular formula is C16H15BrN2O. The van der Waals surface area contributed by atoms with Crippen molar-refractivity contribution >= 4 is 21.6 Å². The second-order valence-corrected chi connectivity index (χ2v) is 5.29. The molecule has 2 rings (SSSR count). The van der Waals surface area contributed by atoms with Gasteiger partial charge in [0.25, 0.3) is 0 Å². The Morgan fingerprint density at radius 1 is 1.25 bits per heavy atom. The summed E-state index contributed by atoms with van der Waals surface area (Å²) < 4.78 is 6.33. The maximum absolute atomic E-state index is 8.51. The standard InChI is InChI=1S/C16H15BrN2O/c1-12-5-6-15(17)16(9-12)19-11-13-3-2-4-14(10-13)20-8-7-18/h2-6,9-10,19H,8,11H2,1H3. The molecule has 0 unspecified atom stereocenters. The Balaban J connectivity index is 2.03. The molecule has 20 heavy (non-hydrogen) atoms. The van der Waals surface area contributed by atoms with E-state index in [1.54, 1.807) is 0 Å². The first-order chi connectivity index (χ1) is 9.69. The summed E-state index contributed by atoms with van der Waals surface area (Å²) in [5.41, 5.74) is 3.38. The highest BCUT2D eigenvalue weighted by Crippen LogP contribution is 2.24. The van der Waals surface area contributed by atoms with Crippen molar-refractivity contribution in [2.45, 2.75) is 13.5 Å². The summed E-state index contributed by atoms with van der Waals surface area (Å²) >= 11 is 3.53. The molecule has 0 saturated heterocycles. The van der Waals surface area contributed by atoms with Gasteiger partial charge in [-0.1, -0.05) is 18.2 Å². The Morgan fingerprint density at radius 2 is 2.10 bits per heavy atom. The quantitative estimate of drug-likeness (QED) is 0.890. The van der Waals surface area contributed by atoms with Gasteiger partial charge in [0.2, 0.25) is 0 Å². The van der Waals surface area contributed by atoms with Gasteiger partial charge in [0.15, 0.2) is 6.61 Å². The van der Waals surface area contributed by atoms with Crippen molar-refractivity contribution < 1.29 is 4.74 Å². The van der Waals surface area contributed by atoms with Crippen molar-refractivity contribution in [1.29, 1.82) is 5.26 Å². The van der Waals surface area contributed by atoms with Crippen molar-refractivity contribution in [3.63, 3.8) is 0 Å². The van der Waals surface area contributed by atoms with Gasteiger partial charge in [-0.05, 0) is 58.2 Å². The molecule has 0 amide bonds. The van der Waals surface area contributed by atoms with Crippen LogP contribution in [0.25, 0.3) is 0 Å². The molecule has 0 bridgehead atoms. The summed E-state index contributed by atoms with van der Waals surface area (Å²) in [6.07, 6.45) is 0. The SMILES string of the molecule is Cc1ccc(Br)c(NCc2cccc(OCC#N)c2)c1. The van der Waals surface area contributed by atoms with E-state index in [0.717, 1.165) is 15.7 Å². The van der Waals surface area contributed by atoms with Crippen LogP contribution in [0.1, 0.15) is 11.1 Å².